The van der Waals surface area contributed by atoms with E-state index in [9.17, 15) is 9.59 Å². The van der Waals surface area contributed by atoms with Crippen LogP contribution in [0, 0.1) is 0 Å². The summed E-state index contributed by atoms with van der Waals surface area (Å²) in [7, 11) is 0. The van der Waals surface area contributed by atoms with E-state index < -0.39 is 6.04 Å². The van der Waals surface area contributed by atoms with Crippen molar-refractivity contribution >= 4 is 29.1 Å². The fraction of sp³-hybridized carbons (Fsp3) is 0.355. The van der Waals surface area contributed by atoms with Crippen molar-refractivity contribution in [3.8, 4) is 0 Å². The number of nitrogens with one attached hydrogen (secondary N) is 2. The van der Waals surface area contributed by atoms with E-state index in [0.29, 0.717) is 37.5 Å². The van der Waals surface area contributed by atoms with Crippen molar-refractivity contribution in [2.24, 2.45) is 0 Å². The number of carbonyl (C=O) groups excluding carboxylic acids is 2. The average molecular weight is 531 g/mol. The molecule has 3 aromatic rings. The summed E-state index contributed by atoms with van der Waals surface area (Å²) < 4.78 is 0. The van der Waals surface area contributed by atoms with Crippen LogP contribution in [0.5, 0.6) is 0 Å². The molecule has 2 aliphatic heterocycles. The highest BCUT2D eigenvalue weighted by atomic mass is 35.5. The predicted molar refractivity (Wildman–Crippen MR) is 152 cm³/mol. The molecule has 3 aromatic carbocycles. The SMILES string of the molecule is CCc1ccccc1N1CCN(C(=O)[C@@H](Cc2ccc(Cl)cc2)NC(=O)[C@H]2Cc3ccccc3CN2)CC1. The van der Waals surface area contributed by atoms with Gasteiger partial charge in [-0.1, -0.05) is 73.1 Å². The zero-order valence-electron chi connectivity index (χ0n) is 21.8. The summed E-state index contributed by atoms with van der Waals surface area (Å²) in [5.74, 6) is -0.171. The molecule has 0 bridgehead atoms. The minimum atomic E-state index is -0.642. The number of benzene rings is 3. The summed E-state index contributed by atoms with van der Waals surface area (Å²) in [6.45, 7) is 5.60. The lowest BCUT2D eigenvalue weighted by molar-refractivity contribution is -0.137. The molecule has 6 nitrogen and oxygen atoms in total. The maximum absolute atomic E-state index is 13.8. The molecule has 2 atom stereocenters. The average Bonchev–Trinajstić information content (AvgIpc) is 2.97. The number of amides is 2. The minimum Gasteiger partial charge on any atom is -0.368 e. The van der Waals surface area contributed by atoms with Gasteiger partial charge in [-0.05, 0) is 53.3 Å². The second-order valence-corrected chi connectivity index (χ2v) is 10.5. The maximum atomic E-state index is 13.8. The highest BCUT2D eigenvalue weighted by Crippen LogP contribution is 2.23. The molecule has 1 fully saturated rings. The van der Waals surface area contributed by atoms with Gasteiger partial charge in [0, 0.05) is 49.9 Å². The van der Waals surface area contributed by atoms with Gasteiger partial charge in [-0.15, -0.1) is 0 Å². The number of carbonyl (C=O) groups is 2. The van der Waals surface area contributed by atoms with Crippen LogP contribution in [0.4, 0.5) is 5.69 Å². The molecule has 0 unspecified atom stereocenters. The van der Waals surface area contributed by atoms with Crippen LogP contribution < -0.4 is 15.5 Å². The summed E-state index contributed by atoms with van der Waals surface area (Å²) in [5.41, 5.74) is 5.92. The number of rotatable bonds is 7. The number of piperazine rings is 1. The number of hydrogen-bond acceptors (Lipinski definition) is 4. The minimum absolute atomic E-state index is 0.0343. The second kappa shape index (κ2) is 12.0. The standard InChI is InChI=1S/C31H35ClN4O2/c1-2-23-7-5-6-10-29(23)35-15-17-36(18-16-35)31(38)28(19-22-11-13-26(32)14-12-22)34-30(37)27-20-24-8-3-4-9-25(24)21-33-27/h3-14,27-28,33H,2,15-21H2,1H3,(H,34,37)/t27-,28-/m1/s1. The Balaban J connectivity index is 1.28. The van der Waals surface area contributed by atoms with E-state index in [1.807, 2.05) is 41.3 Å². The normalized spacial score (nSPS) is 18.0. The Labute approximate surface area is 230 Å². The van der Waals surface area contributed by atoms with Gasteiger partial charge in [-0.3, -0.25) is 9.59 Å². The molecule has 7 heteroatoms. The van der Waals surface area contributed by atoms with Crippen molar-refractivity contribution in [2.75, 3.05) is 31.1 Å². The van der Waals surface area contributed by atoms with Crippen molar-refractivity contribution in [1.82, 2.24) is 15.5 Å². The number of hydrogen-bond donors (Lipinski definition) is 2. The van der Waals surface area contributed by atoms with E-state index in [0.717, 1.165) is 25.1 Å². The highest BCUT2D eigenvalue weighted by molar-refractivity contribution is 6.30. The first-order chi connectivity index (χ1) is 18.5. The quantitative estimate of drug-likeness (QED) is 0.485. The van der Waals surface area contributed by atoms with Crippen molar-refractivity contribution < 1.29 is 9.59 Å². The highest BCUT2D eigenvalue weighted by Gasteiger charge is 2.32. The first-order valence-electron chi connectivity index (χ1n) is 13.5. The molecule has 2 N–H and O–H groups in total. The van der Waals surface area contributed by atoms with E-state index in [2.05, 4.69) is 58.9 Å². The van der Waals surface area contributed by atoms with Crippen molar-refractivity contribution in [1.29, 1.82) is 0 Å². The largest absolute Gasteiger partial charge is 0.368 e. The third kappa shape index (κ3) is 6.03. The van der Waals surface area contributed by atoms with E-state index >= 15 is 0 Å². The number of aryl methyl sites for hydroxylation is 1. The van der Waals surface area contributed by atoms with Crippen LogP contribution in [-0.2, 0) is 35.4 Å². The van der Waals surface area contributed by atoms with Gasteiger partial charge >= 0.3 is 0 Å². The number of halogens is 1. The molecule has 2 aliphatic rings. The smallest absolute Gasteiger partial charge is 0.245 e. The molecule has 1 saturated heterocycles. The summed E-state index contributed by atoms with van der Waals surface area (Å²) in [6, 6.07) is 23.1. The van der Waals surface area contributed by atoms with E-state index in [1.54, 1.807) is 0 Å². The zero-order valence-corrected chi connectivity index (χ0v) is 22.6. The van der Waals surface area contributed by atoms with Crippen LogP contribution in [0.1, 0.15) is 29.2 Å². The molecular weight excluding hydrogens is 496 g/mol. The monoisotopic (exact) mass is 530 g/mol. The first kappa shape index (κ1) is 26.3. The Morgan fingerprint density at radius 3 is 2.37 bits per heavy atom. The topological polar surface area (TPSA) is 64.7 Å². The van der Waals surface area contributed by atoms with Gasteiger partial charge in [0.25, 0.3) is 0 Å². The van der Waals surface area contributed by atoms with Gasteiger partial charge < -0.3 is 20.4 Å². The van der Waals surface area contributed by atoms with Crippen molar-refractivity contribution in [2.45, 2.75) is 44.8 Å². The van der Waals surface area contributed by atoms with Crippen LogP contribution in [0.15, 0.2) is 72.8 Å². The zero-order chi connectivity index (χ0) is 26.5. The lowest BCUT2D eigenvalue weighted by Crippen LogP contribution is -2.58. The van der Waals surface area contributed by atoms with Gasteiger partial charge in [0.15, 0.2) is 0 Å². The number of anilines is 1. The fourth-order valence-corrected chi connectivity index (χ4v) is 5.60. The molecule has 0 radical (unpaired) electrons. The van der Waals surface area contributed by atoms with Crippen molar-refractivity contribution in [3.05, 3.63) is 100 Å². The molecule has 2 amide bonds. The lowest BCUT2D eigenvalue weighted by atomic mass is 9.95. The van der Waals surface area contributed by atoms with Crippen LogP contribution in [0.3, 0.4) is 0 Å². The molecule has 198 valence electrons. The Morgan fingerprint density at radius 2 is 1.63 bits per heavy atom. The molecule has 5 rings (SSSR count). The molecule has 0 saturated carbocycles. The molecular formula is C31H35ClN4O2. The first-order valence-corrected chi connectivity index (χ1v) is 13.9. The molecule has 38 heavy (non-hydrogen) atoms. The molecule has 2 heterocycles. The summed E-state index contributed by atoms with van der Waals surface area (Å²) in [6.07, 6.45) is 2.01. The number of fused-ring (bicyclic) bond motifs is 1. The number of para-hydroxylation sites is 1. The molecule has 0 aromatic heterocycles. The van der Waals surface area contributed by atoms with Gasteiger partial charge in [0.2, 0.25) is 11.8 Å². The Hall–Kier alpha value is -3.35. The number of nitrogens with zero attached hydrogens (tertiary/aromatic N) is 2. The van der Waals surface area contributed by atoms with Crippen LogP contribution in [0.25, 0.3) is 0 Å². The van der Waals surface area contributed by atoms with Crippen LogP contribution >= 0.6 is 11.6 Å². The molecule has 0 spiro atoms. The molecule has 0 aliphatic carbocycles. The van der Waals surface area contributed by atoms with E-state index in [-0.39, 0.29) is 17.9 Å². The second-order valence-electron chi connectivity index (χ2n) is 10.1. The van der Waals surface area contributed by atoms with Gasteiger partial charge in [0.05, 0.1) is 6.04 Å². The lowest BCUT2D eigenvalue weighted by Gasteiger charge is -2.38. The van der Waals surface area contributed by atoms with Gasteiger partial charge in [0.1, 0.15) is 6.04 Å². The van der Waals surface area contributed by atoms with Crippen molar-refractivity contribution in [3.63, 3.8) is 0 Å². The third-order valence-corrected chi connectivity index (χ3v) is 7.92. The summed E-state index contributed by atoms with van der Waals surface area (Å²) in [5, 5.41) is 7.09. The third-order valence-electron chi connectivity index (χ3n) is 7.67. The summed E-state index contributed by atoms with van der Waals surface area (Å²) in [4.78, 5) is 31.4. The van der Waals surface area contributed by atoms with E-state index in [1.165, 1.54) is 22.4 Å². The van der Waals surface area contributed by atoms with Gasteiger partial charge in [-0.25, -0.2) is 0 Å². The maximum Gasteiger partial charge on any atom is 0.245 e. The fourth-order valence-electron chi connectivity index (χ4n) is 5.47. The van der Waals surface area contributed by atoms with Crippen LogP contribution in [-0.4, -0.2) is 55.0 Å². The Morgan fingerprint density at radius 1 is 0.947 bits per heavy atom. The predicted octanol–water partition coefficient (Wildman–Crippen LogP) is 3.99. The van der Waals surface area contributed by atoms with Gasteiger partial charge in [-0.2, -0.15) is 0 Å². The van der Waals surface area contributed by atoms with E-state index in [4.69, 9.17) is 11.6 Å². The Bertz CT molecular complexity index is 1270. The van der Waals surface area contributed by atoms with Crippen LogP contribution in [0.2, 0.25) is 5.02 Å². The summed E-state index contributed by atoms with van der Waals surface area (Å²) >= 11 is 6.09. The Kier molecular flexibility index (Phi) is 8.30.